The van der Waals surface area contributed by atoms with Gasteiger partial charge in [-0.05, 0) is 36.1 Å². The van der Waals surface area contributed by atoms with Crippen LogP contribution in [0.5, 0.6) is 5.75 Å². The Balaban J connectivity index is 2.02. The Morgan fingerprint density at radius 1 is 1.38 bits per heavy atom. The van der Waals surface area contributed by atoms with Gasteiger partial charge < -0.3 is 14.6 Å². The van der Waals surface area contributed by atoms with E-state index < -0.39 is 18.4 Å². The van der Waals surface area contributed by atoms with Gasteiger partial charge in [0.1, 0.15) is 10.1 Å². The normalized spacial score (nSPS) is 16.3. The minimum Gasteiger partial charge on any atom is -0.548 e. The van der Waals surface area contributed by atoms with Crippen molar-refractivity contribution in [2.45, 2.75) is 20.3 Å². The van der Waals surface area contributed by atoms with Crippen LogP contribution in [0, 0.1) is 5.92 Å². The van der Waals surface area contributed by atoms with Gasteiger partial charge in [-0.25, -0.2) is 0 Å². The number of carboxylic acids is 1. The summed E-state index contributed by atoms with van der Waals surface area (Å²) in [7, 11) is 0. The second-order valence-corrected chi connectivity index (χ2v) is 7.42. The average molecular weight is 364 g/mol. The molecule has 1 aromatic rings. The predicted octanol–water partition coefficient (Wildman–Crippen LogP) is 2.06. The summed E-state index contributed by atoms with van der Waals surface area (Å²) in [6.07, 6.45) is 2.68. The first kappa shape index (κ1) is 18.5. The third-order valence-electron chi connectivity index (χ3n) is 3.30. The average Bonchev–Trinajstić information content (AvgIpc) is 2.76. The molecule has 0 aromatic heterocycles. The maximum absolute atomic E-state index is 12.2. The van der Waals surface area contributed by atoms with Gasteiger partial charge in [0.05, 0.1) is 24.0 Å². The zero-order valence-corrected chi connectivity index (χ0v) is 15.1. The smallest absolute Gasteiger partial charge is 0.266 e. The molecule has 1 aliphatic rings. The number of benzene rings is 1. The van der Waals surface area contributed by atoms with Crippen molar-refractivity contribution >= 4 is 46.3 Å². The quantitative estimate of drug-likeness (QED) is 0.545. The minimum atomic E-state index is -1.34. The van der Waals surface area contributed by atoms with Gasteiger partial charge in [-0.3, -0.25) is 9.69 Å². The molecule has 1 fully saturated rings. The summed E-state index contributed by atoms with van der Waals surface area (Å²) in [5, 5.41) is 10.7. The highest BCUT2D eigenvalue weighted by atomic mass is 32.2. The van der Waals surface area contributed by atoms with Gasteiger partial charge in [0.25, 0.3) is 5.91 Å². The van der Waals surface area contributed by atoms with Gasteiger partial charge in [0.2, 0.25) is 0 Å². The Kier molecular flexibility index (Phi) is 6.39. The first-order valence-electron chi connectivity index (χ1n) is 7.55. The monoisotopic (exact) mass is 364 g/mol. The fraction of sp³-hybridized carbons (Fsp3) is 0.353. The Morgan fingerprint density at radius 3 is 2.62 bits per heavy atom. The highest BCUT2D eigenvalue weighted by molar-refractivity contribution is 8.26. The molecule has 0 N–H and O–H groups in total. The first-order chi connectivity index (χ1) is 11.4. The van der Waals surface area contributed by atoms with Gasteiger partial charge >= 0.3 is 0 Å². The van der Waals surface area contributed by atoms with Crippen LogP contribution in [0.2, 0.25) is 0 Å². The van der Waals surface area contributed by atoms with E-state index in [2.05, 4.69) is 13.8 Å². The molecule has 0 unspecified atom stereocenters. The molecule has 0 radical (unpaired) electrons. The largest absolute Gasteiger partial charge is 0.548 e. The van der Waals surface area contributed by atoms with Crippen molar-refractivity contribution < 1.29 is 19.4 Å². The number of hydrogen-bond acceptors (Lipinski definition) is 6. The molecule has 1 heterocycles. The summed E-state index contributed by atoms with van der Waals surface area (Å²) in [5.74, 6) is -0.383. The summed E-state index contributed by atoms with van der Waals surface area (Å²) in [6, 6.07) is 7.37. The van der Waals surface area contributed by atoms with E-state index in [1.54, 1.807) is 6.08 Å². The number of carbonyl (C=O) groups excluding carboxylic acids is 2. The Labute approximate surface area is 150 Å². The van der Waals surface area contributed by atoms with Crippen LogP contribution >= 0.6 is 24.0 Å². The van der Waals surface area contributed by atoms with Crippen molar-refractivity contribution in [3.63, 3.8) is 0 Å². The van der Waals surface area contributed by atoms with Gasteiger partial charge in [0, 0.05) is 0 Å². The fourth-order valence-electron chi connectivity index (χ4n) is 1.99. The van der Waals surface area contributed by atoms with E-state index in [0.29, 0.717) is 17.4 Å². The molecular formula is C17H18NO4S2-. The van der Waals surface area contributed by atoms with Crippen molar-refractivity contribution in [1.29, 1.82) is 0 Å². The summed E-state index contributed by atoms with van der Waals surface area (Å²) in [4.78, 5) is 24.3. The summed E-state index contributed by atoms with van der Waals surface area (Å²) in [5.41, 5.74) is 0.820. The van der Waals surface area contributed by atoms with Gasteiger partial charge in [-0.15, -0.1) is 0 Å². The molecule has 1 amide bonds. The van der Waals surface area contributed by atoms with Crippen LogP contribution < -0.4 is 9.84 Å². The molecule has 0 aliphatic carbocycles. The number of amides is 1. The van der Waals surface area contributed by atoms with Crippen LogP contribution in [0.15, 0.2) is 29.2 Å². The third-order valence-corrected chi connectivity index (χ3v) is 4.68. The van der Waals surface area contributed by atoms with E-state index >= 15 is 0 Å². The van der Waals surface area contributed by atoms with Crippen LogP contribution in [0.25, 0.3) is 6.08 Å². The Bertz CT molecular complexity index is 668. The summed E-state index contributed by atoms with van der Waals surface area (Å²) >= 11 is 6.12. The van der Waals surface area contributed by atoms with Crippen molar-refractivity contribution in [2.24, 2.45) is 5.92 Å². The molecule has 2 rings (SSSR count). The van der Waals surface area contributed by atoms with Gasteiger partial charge in [0.15, 0.2) is 0 Å². The molecule has 0 saturated carbocycles. The third kappa shape index (κ3) is 5.07. The van der Waals surface area contributed by atoms with Gasteiger partial charge in [-0.2, -0.15) is 0 Å². The summed E-state index contributed by atoms with van der Waals surface area (Å²) in [6.45, 7) is 4.43. The number of thioether (sulfide) groups is 1. The number of carbonyl (C=O) groups is 2. The second kappa shape index (κ2) is 8.30. The molecule has 0 bridgehead atoms. The van der Waals surface area contributed by atoms with E-state index in [1.807, 2.05) is 24.3 Å². The van der Waals surface area contributed by atoms with Crippen molar-refractivity contribution in [3.05, 3.63) is 34.7 Å². The number of aliphatic carboxylic acids is 1. The molecule has 5 nitrogen and oxygen atoms in total. The molecule has 1 aliphatic heterocycles. The van der Waals surface area contributed by atoms with E-state index in [-0.39, 0.29) is 4.32 Å². The number of hydrogen-bond donors (Lipinski definition) is 0. The molecule has 1 aromatic carbocycles. The topological polar surface area (TPSA) is 69.7 Å². The summed E-state index contributed by atoms with van der Waals surface area (Å²) < 4.78 is 5.87. The number of thiocarbonyl (C=S) groups is 1. The first-order valence-corrected chi connectivity index (χ1v) is 8.77. The zero-order valence-electron chi connectivity index (χ0n) is 13.5. The lowest BCUT2D eigenvalue weighted by Crippen LogP contribution is -2.40. The molecule has 0 atom stereocenters. The lowest BCUT2D eigenvalue weighted by Gasteiger charge is -2.14. The standard InChI is InChI=1S/C17H19NO4S2/c1-11(2)7-8-22-13-5-3-12(4-6-13)9-14-16(21)18(10-15(19)20)17(23)24-14/h3-6,9,11H,7-8,10H2,1-2H3,(H,19,20)/p-1/b14-9+. The predicted molar refractivity (Wildman–Crippen MR) is 96.3 cm³/mol. The molecule has 7 heteroatoms. The van der Waals surface area contributed by atoms with Crippen molar-refractivity contribution in [2.75, 3.05) is 13.2 Å². The molecule has 24 heavy (non-hydrogen) atoms. The molecule has 1 saturated heterocycles. The molecular weight excluding hydrogens is 346 g/mol. The number of rotatable bonds is 7. The Morgan fingerprint density at radius 2 is 2.04 bits per heavy atom. The lowest BCUT2D eigenvalue weighted by molar-refractivity contribution is -0.305. The van der Waals surface area contributed by atoms with Crippen LogP contribution in [0.1, 0.15) is 25.8 Å². The molecule has 128 valence electrons. The van der Waals surface area contributed by atoms with E-state index in [9.17, 15) is 14.7 Å². The minimum absolute atomic E-state index is 0.226. The van der Waals surface area contributed by atoms with Crippen LogP contribution in [-0.2, 0) is 9.59 Å². The van der Waals surface area contributed by atoms with Crippen molar-refractivity contribution in [3.8, 4) is 5.75 Å². The lowest BCUT2D eigenvalue weighted by atomic mass is 10.1. The SMILES string of the molecule is CC(C)CCOc1ccc(/C=C2/SC(=S)N(CC(=O)[O-])C2=O)cc1. The molecule has 0 spiro atoms. The Hall–Kier alpha value is -1.86. The fourth-order valence-corrected chi connectivity index (χ4v) is 3.24. The van der Waals surface area contributed by atoms with Crippen LogP contribution in [-0.4, -0.2) is 34.2 Å². The van der Waals surface area contributed by atoms with E-state index in [4.69, 9.17) is 17.0 Å². The van der Waals surface area contributed by atoms with E-state index in [1.165, 1.54) is 0 Å². The van der Waals surface area contributed by atoms with E-state index in [0.717, 1.165) is 34.4 Å². The number of ether oxygens (including phenoxy) is 1. The maximum atomic E-state index is 12.2. The highest BCUT2D eigenvalue weighted by Gasteiger charge is 2.31. The second-order valence-electron chi connectivity index (χ2n) is 5.74. The van der Waals surface area contributed by atoms with Gasteiger partial charge in [-0.1, -0.05) is 50.0 Å². The zero-order chi connectivity index (χ0) is 17.7. The number of nitrogens with zero attached hydrogens (tertiary/aromatic N) is 1. The van der Waals surface area contributed by atoms with Crippen LogP contribution in [0.4, 0.5) is 0 Å². The number of carboxylic acid groups (broad SMARTS) is 1. The van der Waals surface area contributed by atoms with Crippen LogP contribution in [0.3, 0.4) is 0 Å². The van der Waals surface area contributed by atoms with Crippen molar-refractivity contribution in [1.82, 2.24) is 4.90 Å². The highest BCUT2D eigenvalue weighted by Crippen LogP contribution is 2.32. The maximum Gasteiger partial charge on any atom is 0.266 e.